The average Bonchev–Trinajstić information content (AvgIpc) is 2.71. The van der Waals surface area contributed by atoms with Gasteiger partial charge in [0.1, 0.15) is 0 Å². The zero-order valence-electron chi connectivity index (χ0n) is 10.5. The van der Waals surface area contributed by atoms with Gasteiger partial charge in [0.25, 0.3) is 5.95 Å². The fourth-order valence-corrected chi connectivity index (χ4v) is 1.75. The van der Waals surface area contributed by atoms with Gasteiger partial charge < -0.3 is 5.11 Å². The van der Waals surface area contributed by atoms with Gasteiger partial charge in [-0.05, 0) is 32.4 Å². The number of carbonyl (C=O) groups is 1. The van der Waals surface area contributed by atoms with Crippen LogP contribution in [0.25, 0.3) is 5.95 Å². The largest absolute Gasteiger partial charge is 0.476 e. The van der Waals surface area contributed by atoms with Crippen molar-refractivity contribution in [1.82, 2.24) is 19.7 Å². The van der Waals surface area contributed by atoms with Gasteiger partial charge in [-0.3, -0.25) is 0 Å². The molecule has 0 saturated carbocycles. The Labute approximate surface area is 104 Å². The predicted octanol–water partition coefficient (Wildman–Crippen LogP) is 1.54. The summed E-state index contributed by atoms with van der Waals surface area (Å²) in [6, 6.07) is 3.40. The Bertz CT molecular complexity index is 584. The lowest BCUT2D eigenvalue weighted by Gasteiger charge is -2.05. The van der Waals surface area contributed by atoms with Crippen molar-refractivity contribution in [2.45, 2.75) is 27.2 Å². The average molecular weight is 246 g/mol. The first-order chi connectivity index (χ1) is 8.51. The lowest BCUT2D eigenvalue weighted by atomic mass is 10.3. The molecule has 0 spiro atoms. The van der Waals surface area contributed by atoms with E-state index in [0.717, 1.165) is 17.1 Å². The van der Waals surface area contributed by atoms with Crippen molar-refractivity contribution in [2.24, 2.45) is 0 Å². The summed E-state index contributed by atoms with van der Waals surface area (Å²) in [7, 11) is 0. The van der Waals surface area contributed by atoms with Crippen LogP contribution in [0.15, 0.2) is 12.1 Å². The highest BCUT2D eigenvalue weighted by atomic mass is 16.4. The molecule has 6 nitrogen and oxygen atoms in total. The van der Waals surface area contributed by atoms with E-state index in [1.807, 2.05) is 26.8 Å². The second kappa shape index (κ2) is 4.56. The van der Waals surface area contributed by atoms with Gasteiger partial charge in [-0.15, -0.1) is 0 Å². The highest BCUT2D eigenvalue weighted by Crippen LogP contribution is 2.11. The molecule has 1 N–H and O–H groups in total. The molecule has 0 atom stereocenters. The van der Waals surface area contributed by atoms with Crippen LogP contribution in [-0.2, 0) is 6.42 Å². The second-order valence-electron chi connectivity index (χ2n) is 4.04. The summed E-state index contributed by atoms with van der Waals surface area (Å²) in [6.45, 7) is 5.67. The molecule has 2 aromatic rings. The topological polar surface area (TPSA) is 80.9 Å². The van der Waals surface area contributed by atoms with Crippen LogP contribution in [0.1, 0.15) is 34.5 Å². The maximum atomic E-state index is 10.9. The quantitative estimate of drug-likeness (QED) is 0.888. The Morgan fingerprint density at radius 1 is 1.28 bits per heavy atom. The van der Waals surface area contributed by atoms with Crippen LogP contribution in [0.3, 0.4) is 0 Å². The Morgan fingerprint density at radius 2 is 1.89 bits per heavy atom. The lowest BCUT2D eigenvalue weighted by Crippen LogP contribution is -2.09. The molecule has 0 saturated heterocycles. The summed E-state index contributed by atoms with van der Waals surface area (Å²) in [5.74, 6) is -0.635. The predicted molar refractivity (Wildman–Crippen MR) is 65.0 cm³/mol. The van der Waals surface area contributed by atoms with Crippen molar-refractivity contribution in [3.63, 3.8) is 0 Å². The van der Waals surface area contributed by atoms with Gasteiger partial charge in [0.2, 0.25) is 0 Å². The first-order valence-electron chi connectivity index (χ1n) is 5.66. The molecule has 0 amide bonds. The Balaban J connectivity index is 2.58. The van der Waals surface area contributed by atoms with Gasteiger partial charge in [-0.1, -0.05) is 6.92 Å². The smallest absolute Gasteiger partial charge is 0.356 e. The molecule has 18 heavy (non-hydrogen) atoms. The van der Waals surface area contributed by atoms with Crippen molar-refractivity contribution < 1.29 is 9.90 Å². The minimum absolute atomic E-state index is 0.00890. The Morgan fingerprint density at radius 3 is 2.39 bits per heavy atom. The van der Waals surface area contributed by atoms with E-state index in [1.54, 1.807) is 6.07 Å². The number of carboxylic acid groups (broad SMARTS) is 1. The Kier molecular flexibility index (Phi) is 3.10. The number of hydrogen-bond acceptors (Lipinski definition) is 4. The Hall–Kier alpha value is -2.24. The molecular formula is C12H14N4O2. The zero-order chi connectivity index (χ0) is 13.3. The fourth-order valence-electron chi connectivity index (χ4n) is 1.75. The van der Waals surface area contributed by atoms with Crippen molar-refractivity contribution in [3.8, 4) is 5.95 Å². The van der Waals surface area contributed by atoms with Crippen molar-refractivity contribution in [2.75, 3.05) is 0 Å². The third-order valence-corrected chi connectivity index (χ3v) is 2.52. The molecule has 0 aliphatic rings. The first-order valence-corrected chi connectivity index (χ1v) is 5.66. The van der Waals surface area contributed by atoms with Crippen molar-refractivity contribution in [3.05, 3.63) is 34.9 Å². The monoisotopic (exact) mass is 246 g/mol. The summed E-state index contributed by atoms with van der Waals surface area (Å²) in [4.78, 5) is 19.5. The van der Waals surface area contributed by atoms with Gasteiger partial charge in [-0.2, -0.15) is 5.10 Å². The van der Waals surface area contributed by atoms with Gasteiger partial charge in [0.15, 0.2) is 5.69 Å². The van der Waals surface area contributed by atoms with E-state index in [-0.39, 0.29) is 5.69 Å². The standard InChI is InChI=1S/C12H14N4O2/c1-4-9-6-10(11(17)18)15-16(9)12-13-7(2)5-8(3)14-12/h5-6H,4H2,1-3H3,(H,17,18). The van der Waals surface area contributed by atoms with Gasteiger partial charge in [-0.25, -0.2) is 19.4 Å². The molecule has 6 heteroatoms. The molecule has 0 radical (unpaired) electrons. The molecule has 0 aliphatic heterocycles. The molecule has 94 valence electrons. The van der Waals surface area contributed by atoms with Gasteiger partial charge in [0, 0.05) is 17.1 Å². The van der Waals surface area contributed by atoms with E-state index >= 15 is 0 Å². The summed E-state index contributed by atoms with van der Waals surface area (Å²) in [5, 5.41) is 13.0. The van der Waals surface area contributed by atoms with Crippen LogP contribution >= 0.6 is 0 Å². The number of hydrogen-bond donors (Lipinski definition) is 1. The van der Waals surface area contributed by atoms with E-state index in [0.29, 0.717) is 12.4 Å². The van der Waals surface area contributed by atoms with Crippen molar-refractivity contribution in [1.29, 1.82) is 0 Å². The highest BCUT2D eigenvalue weighted by Gasteiger charge is 2.15. The molecular weight excluding hydrogens is 232 g/mol. The normalized spacial score (nSPS) is 10.6. The summed E-state index contributed by atoms with van der Waals surface area (Å²) in [6.07, 6.45) is 0.663. The molecule has 0 aliphatic carbocycles. The maximum Gasteiger partial charge on any atom is 0.356 e. The van der Waals surface area contributed by atoms with Crippen LogP contribution in [0, 0.1) is 13.8 Å². The van der Waals surface area contributed by atoms with E-state index in [1.165, 1.54) is 4.68 Å². The van der Waals surface area contributed by atoms with E-state index in [2.05, 4.69) is 15.1 Å². The second-order valence-corrected chi connectivity index (χ2v) is 4.04. The number of carboxylic acids is 1. The number of aromatic carboxylic acids is 1. The number of aromatic nitrogens is 4. The number of aryl methyl sites for hydroxylation is 3. The third-order valence-electron chi connectivity index (χ3n) is 2.52. The first kappa shape index (κ1) is 12.2. The van der Waals surface area contributed by atoms with Crippen LogP contribution in [0.2, 0.25) is 0 Å². The third kappa shape index (κ3) is 2.22. The van der Waals surface area contributed by atoms with Crippen LogP contribution < -0.4 is 0 Å². The highest BCUT2D eigenvalue weighted by molar-refractivity contribution is 5.85. The minimum atomic E-state index is -1.05. The molecule has 2 rings (SSSR count). The molecule has 2 aromatic heterocycles. The number of nitrogens with zero attached hydrogens (tertiary/aromatic N) is 4. The van der Waals surface area contributed by atoms with E-state index in [9.17, 15) is 4.79 Å². The van der Waals surface area contributed by atoms with Crippen LogP contribution in [0.4, 0.5) is 0 Å². The minimum Gasteiger partial charge on any atom is -0.476 e. The van der Waals surface area contributed by atoms with Crippen molar-refractivity contribution >= 4 is 5.97 Å². The molecule has 0 fully saturated rings. The molecule has 0 bridgehead atoms. The summed E-state index contributed by atoms with van der Waals surface area (Å²) >= 11 is 0. The van der Waals surface area contributed by atoms with Crippen LogP contribution in [-0.4, -0.2) is 30.8 Å². The van der Waals surface area contributed by atoms with E-state index < -0.39 is 5.97 Å². The zero-order valence-corrected chi connectivity index (χ0v) is 10.5. The fraction of sp³-hybridized carbons (Fsp3) is 0.333. The SMILES string of the molecule is CCc1cc(C(=O)O)nn1-c1nc(C)cc(C)n1. The van der Waals surface area contributed by atoms with E-state index in [4.69, 9.17) is 5.11 Å². The summed E-state index contributed by atoms with van der Waals surface area (Å²) < 4.78 is 1.49. The maximum absolute atomic E-state index is 10.9. The van der Waals surface area contributed by atoms with Gasteiger partial charge >= 0.3 is 5.97 Å². The molecule has 2 heterocycles. The molecule has 0 aromatic carbocycles. The van der Waals surface area contributed by atoms with Gasteiger partial charge in [0.05, 0.1) is 0 Å². The van der Waals surface area contributed by atoms with Crippen LogP contribution in [0.5, 0.6) is 0 Å². The summed E-state index contributed by atoms with van der Waals surface area (Å²) in [5.41, 5.74) is 2.44. The molecule has 0 unspecified atom stereocenters. The lowest BCUT2D eigenvalue weighted by molar-refractivity contribution is 0.0690. The number of rotatable bonds is 3.